The number of nitrogens with zero attached hydrogens (tertiary/aromatic N) is 1. The lowest BCUT2D eigenvalue weighted by atomic mass is 10.1. The molecule has 4 heteroatoms. The van der Waals surface area contributed by atoms with Gasteiger partial charge in [-0.3, -0.25) is 0 Å². The van der Waals surface area contributed by atoms with Crippen LogP contribution in [0.1, 0.15) is 11.4 Å². The Balaban J connectivity index is 1.74. The predicted molar refractivity (Wildman–Crippen MR) is 75.1 cm³/mol. The smallest absolute Gasteiger partial charge is 0.109 e. The van der Waals surface area contributed by atoms with Crippen LogP contribution in [0.25, 0.3) is 11.3 Å². The van der Waals surface area contributed by atoms with Gasteiger partial charge in [0.05, 0.1) is 24.6 Å². The Morgan fingerprint density at radius 1 is 1.37 bits per heavy atom. The van der Waals surface area contributed by atoms with Crippen LogP contribution in [-0.2, 0) is 11.2 Å². The van der Waals surface area contributed by atoms with Crippen LogP contribution in [0.4, 0.5) is 0 Å². The molecular weight excluding hydrogens is 238 g/mol. The normalized spacial score (nSPS) is 19.5. The van der Waals surface area contributed by atoms with E-state index in [4.69, 9.17) is 4.74 Å². The quantitative estimate of drug-likeness (QED) is 0.883. The van der Waals surface area contributed by atoms with Crippen LogP contribution >= 0.6 is 0 Å². The number of morpholine rings is 1. The summed E-state index contributed by atoms with van der Waals surface area (Å²) in [5.74, 6) is 0.993. The minimum absolute atomic E-state index is 0.227. The van der Waals surface area contributed by atoms with Crippen LogP contribution in [-0.4, -0.2) is 35.8 Å². The Labute approximate surface area is 113 Å². The van der Waals surface area contributed by atoms with Crippen LogP contribution in [0.3, 0.4) is 0 Å². The van der Waals surface area contributed by atoms with Crippen molar-refractivity contribution in [3.8, 4) is 11.3 Å². The molecule has 3 rings (SSSR count). The number of hydrogen-bond acceptors (Lipinski definition) is 3. The number of ether oxygens (including phenoxy) is 1. The Hall–Kier alpha value is -1.65. The van der Waals surface area contributed by atoms with E-state index in [0.29, 0.717) is 0 Å². The van der Waals surface area contributed by atoms with Gasteiger partial charge in [0.2, 0.25) is 0 Å². The summed E-state index contributed by atoms with van der Waals surface area (Å²) in [5, 5.41) is 3.34. The zero-order valence-corrected chi connectivity index (χ0v) is 11.1. The van der Waals surface area contributed by atoms with Crippen molar-refractivity contribution in [2.75, 3.05) is 19.7 Å². The van der Waals surface area contributed by atoms with E-state index in [0.717, 1.165) is 37.6 Å². The van der Waals surface area contributed by atoms with Gasteiger partial charge in [0.1, 0.15) is 5.82 Å². The Morgan fingerprint density at radius 2 is 2.26 bits per heavy atom. The van der Waals surface area contributed by atoms with Gasteiger partial charge in [-0.05, 0) is 12.5 Å². The average molecular weight is 257 g/mol. The first-order chi connectivity index (χ1) is 9.33. The summed E-state index contributed by atoms with van der Waals surface area (Å²) in [4.78, 5) is 7.86. The number of hydrogen-bond donors (Lipinski definition) is 2. The molecule has 100 valence electrons. The highest BCUT2D eigenvalue weighted by Crippen LogP contribution is 2.21. The minimum Gasteiger partial charge on any atom is -0.375 e. The first-order valence-electron chi connectivity index (χ1n) is 6.75. The third-order valence-corrected chi connectivity index (χ3v) is 3.49. The molecule has 19 heavy (non-hydrogen) atoms. The maximum absolute atomic E-state index is 5.70. The van der Waals surface area contributed by atoms with Crippen molar-refractivity contribution in [1.29, 1.82) is 0 Å². The number of aromatic nitrogens is 2. The molecule has 1 atom stereocenters. The monoisotopic (exact) mass is 257 g/mol. The first-order valence-corrected chi connectivity index (χ1v) is 6.75. The molecule has 2 heterocycles. The van der Waals surface area contributed by atoms with Crippen molar-refractivity contribution >= 4 is 0 Å². The van der Waals surface area contributed by atoms with Gasteiger partial charge >= 0.3 is 0 Å². The molecule has 2 aromatic rings. The van der Waals surface area contributed by atoms with Gasteiger partial charge in [0.15, 0.2) is 0 Å². The third kappa shape index (κ3) is 2.85. The molecule has 1 aromatic carbocycles. The highest BCUT2D eigenvalue weighted by molar-refractivity contribution is 5.62. The summed E-state index contributed by atoms with van der Waals surface area (Å²) in [6.07, 6.45) is 2.97. The molecule has 1 unspecified atom stereocenters. The lowest BCUT2D eigenvalue weighted by Gasteiger charge is -2.22. The van der Waals surface area contributed by atoms with E-state index in [1.54, 1.807) is 0 Å². The summed E-state index contributed by atoms with van der Waals surface area (Å²) in [6, 6.07) is 8.34. The molecule has 0 spiro atoms. The highest BCUT2D eigenvalue weighted by atomic mass is 16.5. The summed E-state index contributed by atoms with van der Waals surface area (Å²) >= 11 is 0. The number of imidazole rings is 1. The van der Waals surface area contributed by atoms with Gasteiger partial charge in [-0.1, -0.05) is 24.3 Å². The number of aromatic amines is 1. The Kier molecular flexibility index (Phi) is 3.62. The Morgan fingerprint density at radius 3 is 3.05 bits per heavy atom. The molecule has 1 aliphatic heterocycles. The molecular formula is C15H19N3O. The summed E-state index contributed by atoms with van der Waals surface area (Å²) in [5.41, 5.74) is 3.55. The summed E-state index contributed by atoms with van der Waals surface area (Å²) < 4.78 is 5.70. The predicted octanol–water partition coefficient (Wildman–Crippen LogP) is 1.92. The molecule has 1 aliphatic rings. The Bertz CT molecular complexity index is 544. The van der Waals surface area contributed by atoms with E-state index in [2.05, 4.69) is 46.5 Å². The SMILES string of the molecule is Cc1ccccc1-c1cnc(CC2CNCCO2)[nH]1. The fourth-order valence-corrected chi connectivity index (χ4v) is 2.44. The van der Waals surface area contributed by atoms with E-state index in [1.165, 1.54) is 11.1 Å². The maximum atomic E-state index is 5.70. The standard InChI is InChI=1S/C15H19N3O/c1-11-4-2-3-5-13(11)14-10-17-15(18-14)8-12-9-16-6-7-19-12/h2-5,10,12,16H,6-9H2,1H3,(H,17,18). The van der Waals surface area contributed by atoms with Crippen molar-refractivity contribution < 1.29 is 4.74 Å². The van der Waals surface area contributed by atoms with Crippen molar-refractivity contribution in [2.24, 2.45) is 0 Å². The fraction of sp³-hybridized carbons (Fsp3) is 0.400. The number of benzene rings is 1. The maximum Gasteiger partial charge on any atom is 0.109 e. The van der Waals surface area contributed by atoms with Gasteiger partial charge < -0.3 is 15.0 Å². The lowest BCUT2D eigenvalue weighted by Crippen LogP contribution is -2.39. The molecule has 0 aliphatic carbocycles. The molecule has 1 fully saturated rings. The molecule has 0 radical (unpaired) electrons. The third-order valence-electron chi connectivity index (χ3n) is 3.49. The van der Waals surface area contributed by atoms with Crippen LogP contribution in [0.5, 0.6) is 0 Å². The van der Waals surface area contributed by atoms with E-state index in [1.807, 2.05) is 6.20 Å². The van der Waals surface area contributed by atoms with E-state index in [9.17, 15) is 0 Å². The van der Waals surface area contributed by atoms with Gasteiger partial charge in [-0.2, -0.15) is 0 Å². The molecule has 4 nitrogen and oxygen atoms in total. The van der Waals surface area contributed by atoms with Crippen LogP contribution in [0.2, 0.25) is 0 Å². The van der Waals surface area contributed by atoms with Crippen LogP contribution in [0.15, 0.2) is 30.5 Å². The average Bonchev–Trinajstić information content (AvgIpc) is 2.89. The molecule has 1 saturated heterocycles. The number of nitrogens with one attached hydrogen (secondary N) is 2. The van der Waals surface area contributed by atoms with Crippen molar-refractivity contribution in [3.05, 3.63) is 41.9 Å². The van der Waals surface area contributed by atoms with Gasteiger partial charge in [0.25, 0.3) is 0 Å². The van der Waals surface area contributed by atoms with E-state index < -0.39 is 0 Å². The van der Waals surface area contributed by atoms with E-state index in [-0.39, 0.29) is 6.10 Å². The zero-order valence-electron chi connectivity index (χ0n) is 11.1. The molecule has 0 amide bonds. The summed E-state index contributed by atoms with van der Waals surface area (Å²) in [6.45, 7) is 4.75. The zero-order chi connectivity index (χ0) is 13.1. The molecule has 1 aromatic heterocycles. The van der Waals surface area contributed by atoms with Crippen LogP contribution < -0.4 is 5.32 Å². The van der Waals surface area contributed by atoms with Gasteiger partial charge in [-0.25, -0.2) is 4.98 Å². The molecule has 0 saturated carbocycles. The topological polar surface area (TPSA) is 49.9 Å². The second-order valence-electron chi connectivity index (χ2n) is 4.96. The molecule has 0 bridgehead atoms. The summed E-state index contributed by atoms with van der Waals surface area (Å²) in [7, 11) is 0. The van der Waals surface area contributed by atoms with Crippen LogP contribution in [0, 0.1) is 6.92 Å². The van der Waals surface area contributed by atoms with Crippen molar-refractivity contribution in [1.82, 2.24) is 15.3 Å². The van der Waals surface area contributed by atoms with Crippen molar-refractivity contribution in [2.45, 2.75) is 19.4 Å². The van der Waals surface area contributed by atoms with Gasteiger partial charge in [-0.15, -0.1) is 0 Å². The molecule has 2 N–H and O–H groups in total. The lowest BCUT2D eigenvalue weighted by molar-refractivity contribution is 0.0281. The highest BCUT2D eigenvalue weighted by Gasteiger charge is 2.16. The van der Waals surface area contributed by atoms with Gasteiger partial charge in [0, 0.05) is 25.1 Å². The van der Waals surface area contributed by atoms with Crippen molar-refractivity contribution in [3.63, 3.8) is 0 Å². The fourth-order valence-electron chi connectivity index (χ4n) is 2.44. The number of aryl methyl sites for hydroxylation is 1. The number of rotatable bonds is 3. The van der Waals surface area contributed by atoms with E-state index >= 15 is 0 Å². The second-order valence-corrected chi connectivity index (χ2v) is 4.96. The second kappa shape index (κ2) is 5.55. The minimum atomic E-state index is 0.227. The largest absolute Gasteiger partial charge is 0.375 e. The number of H-pyrrole nitrogens is 1. The first kappa shape index (κ1) is 12.4.